The number of aromatic nitrogens is 1. The van der Waals surface area contributed by atoms with Gasteiger partial charge in [0.2, 0.25) is 0 Å². The Balaban J connectivity index is 2.64. The number of aliphatic hydroxyl groups excluding tert-OH is 1. The summed E-state index contributed by atoms with van der Waals surface area (Å²) in [5.74, 6) is 0. The van der Waals surface area contributed by atoms with E-state index < -0.39 is 6.10 Å². The third-order valence-electron chi connectivity index (χ3n) is 1.29. The Morgan fingerprint density at radius 1 is 1.82 bits per heavy atom. The average molecular weight is 174 g/mol. The number of aliphatic hydroxyl groups is 1. The summed E-state index contributed by atoms with van der Waals surface area (Å²) in [6.45, 7) is 0.483. The molecule has 0 aromatic carbocycles. The number of hydrogen-bond acceptors (Lipinski definition) is 4. The SMILES string of the molecule is NCC(O)Cn1sccc1=O. The third kappa shape index (κ3) is 2.14. The van der Waals surface area contributed by atoms with Crippen molar-refractivity contribution in [2.45, 2.75) is 12.6 Å². The summed E-state index contributed by atoms with van der Waals surface area (Å²) in [7, 11) is 0. The summed E-state index contributed by atoms with van der Waals surface area (Å²) in [4.78, 5) is 10.9. The maximum absolute atomic E-state index is 10.9. The molecular weight excluding hydrogens is 164 g/mol. The first-order valence-electron chi connectivity index (χ1n) is 3.27. The fraction of sp³-hybridized carbons (Fsp3) is 0.500. The summed E-state index contributed by atoms with van der Waals surface area (Å²) in [5, 5.41) is 10.8. The van der Waals surface area contributed by atoms with E-state index >= 15 is 0 Å². The highest BCUT2D eigenvalue weighted by Gasteiger charge is 2.03. The van der Waals surface area contributed by atoms with E-state index in [1.165, 1.54) is 21.6 Å². The van der Waals surface area contributed by atoms with Crippen LogP contribution in [0.15, 0.2) is 16.2 Å². The number of hydrogen-bond donors (Lipinski definition) is 2. The zero-order valence-electron chi connectivity index (χ0n) is 5.93. The van der Waals surface area contributed by atoms with Crippen LogP contribution in [0.1, 0.15) is 0 Å². The van der Waals surface area contributed by atoms with Gasteiger partial charge in [0.05, 0.1) is 12.6 Å². The minimum Gasteiger partial charge on any atom is -0.390 e. The lowest BCUT2D eigenvalue weighted by Gasteiger charge is -2.05. The van der Waals surface area contributed by atoms with E-state index in [2.05, 4.69) is 0 Å². The van der Waals surface area contributed by atoms with E-state index in [1.54, 1.807) is 5.38 Å². The maximum Gasteiger partial charge on any atom is 0.260 e. The molecule has 0 saturated carbocycles. The van der Waals surface area contributed by atoms with Crippen molar-refractivity contribution in [3.8, 4) is 0 Å². The molecule has 3 N–H and O–H groups in total. The normalized spacial score (nSPS) is 13.3. The summed E-state index contributed by atoms with van der Waals surface area (Å²) in [5.41, 5.74) is 5.10. The van der Waals surface area contributed by atoms with Crippen molar-refractivity contribution >= 4 is 11.5 Å². The van der Waals surface area contributed by atoms with Crippen molar-refractivity contribution in [2.75, 3.05) is 6.54 Å². The van der Waals surface area contributed by atoms with Crippen molar-refractivity contribution in [1.29, 1.82) is 0 Å². The Hall–Kier alpha value is -0.650. The Kier molecular flexibility index (Phi) is 2.81. The molecule has 4 nitrogen and oxygen atoms in total. The van der Waals surface area contributed by atoms with Crippen molar-refractivity contribution in [3.63, 3.8) is 0 Å². The largest absolute Gasteiger partial charge is 0.390 e. The number of nitrogens with two attached hydrogens (primary N) is 1. The molecule has 0 spiro atoms. The molecule has 1 atom stereocenters. The summed E-state index contributed by atoms with van der Waals surface area (Å²) in [6.07, 6.45) is -0.619. The van der Waals surface area contributed by atoms with E-state index in [4.69, 9.17) is 10.8 Å². The molecule has 62 valence electrons. The zero-order chi connectivity index (χ0) is 8.27. The van der Waals surface area contributed by atoms with Gasteiger partial charge in [-0.25, -0.2) is 0 Å². The second kappa shape index (κ2) is 3.66. The molecule has 1 rings (SSSR count). The van der Waals surface area contributed by atoms with Crippen LogP contribution in [0.3, 0.4) is 0 Å². The topological polar surface area (TPSA) is 68.2 Å². The van der Waals surface area contributed by atoms with Gasteiger partial charge in [-0.2, -0.15) is 0 Å². The third-order valence-corrected chi connectivity index (χ3v) is 2.13. The number of nitrogens with zero attached hydrogens (tertiary/aromatic N) is 1. The molecule has 0 radical (unpaired) electrons. The highest BCUT2D eigenvalue weighted by molar-refractivity contribution is 7.04. The zero-order valence-corrected chi connectivity index (χ0v) is 6.75. The van der Waals surface area contributed by atoms with E-state index in [0.717, 1.165) is 0 Å². The van der Waals surface area contributed by atoms with Crippen LogP contribution < -0.4 is 11.3 Å². The molecule has 11 heavy (non-hydrogen) atoms. The molecule has 0 aliphatic carbocycles. The monoisotopic (exact) mass is 174 g/mol. The van der Waals surface area contributed by atoms with Crippen LogP contribution >= 0.6 is 11.5 Å². The van der Waals surface area contributed by atoms with Crippen molar-refractivity contribution in [3.05, 3.63) is 21.8 Å². The quantitative estimate of drug-likeness (QED) is 0.632. The molecule has 1 heterocycles. The first-order chi connectivity index (χ1) is 5.24. The Morgan fingerprint density at radius 3 is 3.00 bits per heavy atom. The van der Waals surface area contributed by atoms with Crippen molar-refractivity contribution in [1.82, 2.24) is 3.96 Å². The summed E-state index contributed by atoms with van der Waals surface area (Å²) < 4.78 is 1.47. The van der Waals surface area contributed by atoms with Crippen LogP contribution in [0.4, 0.5) is 0 Å². The number of rotatable bonds is 3. The van der Waals surface area contributed by atoms with Gasteiger partial charge in [0.25, 0.3) is 5.56 Å². The van der Waals surface area contributed by atoms with Crippen LogP contribution in [0, 0.1) is 0 Å². The first-order valence-corrected chi connectivity index (χ1v) is 4.10. The van der Waals surface area contributed by atoms with Crippen LogP contribution in [0.2, 0.25) is 0 Å². The van der Waals surface area contributed by atoms with Gasteiger partial charge in [-0.05, 0) is 0 Å². The molecule has 0 fully saturated rings. The Labute approximate surface area is 68.0 Å². The van der Waals surface area contributed by atoms with Crippen LogP contribution in [-0.4, -0.2) is 21.7 Å². The molecule has 0 saturated heterocycles. The molecule has 0 aliphatic rings. The van der Waals surface area contributed by atoms with Crippen molar-refractivity contribution in [2.24, 2.45) is 5.73 Å². The van der Waals surface area contributed by atoms with E-state index in [0.29, 0.717) is 6.54 Å². The average Bonchev–Trinajstić information content (AvgIpc) is 2.37. The lowest BCUT2D eigenvalue weighted by molar-refractivity contribution is 0.165. The van der Waals surface area contributed by atoms with Crippen LogP contribution in [-0.2, 0) is 6.54 Å². The molecule has 5 heteroatoms. The minimum atomic E-state index is -0.619. The predicted octanol–water partition coefficient (Wildman–Crippen LogP) is -0.771. The highest BCUT2D eigenvalue weighted by atomic mass is 32.1. The Bertz CT molecular complexity index is 268. The van der Waals surface area contributed by atoms with Crippen LogP contribution in [0.25, 0.3) is 0 Å². The van der Waals surface area contributed by atoms with Crippen molar-refractivity contribution < 1.29 is 5.11 Å². The van der Waals surface area contributed by atoms with Gasteiger partial charge in [0, 0.05) is 18.0 Å². The predicted molar refractivity (Wildman–Crippen MR) is 43.6 cm³/mol. The van der Waals surface area contributed by atoms with Gasteiger partial charge < -0.3 is 10.8 Å². The van der Waals surface area contributed by atoms with Gasteiger partial charge in [0.1, 0.15) is 0 Å². The van der Waals surface area contributed by atoms with Gasteiger partial charge in [0.15, 0.2) is 0 Å². The Morgan fingerprint density at radius 2 is 2.55 bits per heavy atom. The molecule has 1 unspecified atom stereocenters. The molecular formula is C6H10N2O2S. The molecule has 1 aromatic heterocycles. The van der Waals surface area contributed by atoms with Gasteiger partial charge >= 0.3 is 0 Å². The molecule has 0 amide bonds. The van der Waals surface area contributed by atoms with E-state index in [1.807, 2.05) is 0 Å². The fourth-order valence-corrected chi connectivity index (χ4v) is 1.44. The lowest BCUT2D eigenvalue weighted by atomic mass is 10.4. The minimum absolute atomic E-state index is 0.0810. The summed E-state index contributed by atoms with van der Waals surface area (Å²) in [6, 6.07) is 1.47. The molecule has 0 bridgehead atoms. The van der Waals surface area contributed by atoms with E-state index in [9.17, 15) is 4.79 Å². The first kappa shape index (κ1) is 8.45. The van der Waals surface area contributed by atoms with Crippen LogP contribution in [0.5, 0.6) is 0 Å². The highest BCUT2D eigenvalue weighted by Crippen LogP contribution is 1.94. The molecule has 0 aliphatic heterocycles. The second-order valence-corrected chi connectivity index (χ2v) is 3.12. The van der Waals surface area contributed by atoms with Gasteiger partial charge in [-0.3, -0.25) is 8.75 Å². The summed E-state index contributed by atoms with van der Waals surface area (Å²) >= 11 is 1.28. The standard InChI is InChI=1S/C6H10N2O2S/c7-3-5(9)4-8-6(10)1-2-11-8/h1-2,5,9H,3-4,7H2. The maximum atomic E-state index is 10.9. The molecule has 1 aromatic rings. The lowest BCUT2D eigenvalue weighted by Crippen LogP contribution is -2.28. The second-order valence-electron chi connectivity index (χ2n) is 2.20. The fourth-order valence-electron chi connectivity index (χ4n) is 0.696. The smallest absolute Gasteiger partial charge is 0.260 e. The van der Waals surface area contributed by atoms with E-state index in [-0.39, 0.29) is 12.1 Å². The van der Waals surface area contributed by atoms with Gasteiger partial charge in [-0.15, -0.1) is 0 Å². The van der Waals surface area contributed by atoms with Gasteiger partial charge in [-0.1, -0.05) is 11.5 Å².